The van der Waals surface area contributed by atoms with Gasteiger partial charge in [0.2, 0.25) is 0 Å². The van der Waals surface area contributed by atoms with Gasteiger partial charge in [-0.1, -0.05) is 37.3 Å². The fraction of sp³-hybridized carbons (Fsp3) is 0.200. The van der Waals surface area contributed by atoms with Crippen LogP contribution < -0.4 is 5.73 Å². The molecule has 0 amide bonds. The first-order valence-electron chi connectivity index (χ1n) is 5.87. The smallest absolute Gasteiger partial charge is 0.273 e. The van der Waals surface area contributed by atoms with Crippen molar-refractivity contribution in [1.29, 1.82) is 0 Å². The lowest BCUT2D eigenvalue weighted by atomic mass is 9.99. The van der Waals surface area contributed by atoms with E-state index in [0.717, 1.165) is 11.1 Å². The van der Waals surface area contributed by atoms with Gasteiger partial charge in [-0.25, -0.2) is 8.78 Å². The fourth-order valence-electron chi connectivity index (χ4n) is 1.81. The summed E-state index contributed by atoms with van der Waals surface area (Å²) in [5.41, 5.74) is 7.99. The third-order valence-corrected chi connectivity index (χ3v) is 2.97. The van der Waals surface area contributed by atoms with Crippen LogP contribution in [0.1, 0.15) is 18.9 Å². The van der Waals surface area contributed by atoms with Crippen molar-refractivity contribution in [2.45, 2.75) is 19.3 Å². The lowest BCUT2D eigenvalue weighted by Crippen LogP contribution is -2.11. The molecule has 94 valence electrons. The van der Waals surface area contributed by atoms with Crippen LogP contribution in [-0.4, -0.2) is 0 Å². The quantitative estimate of drug-likeness (QED) is 0.797. The van der Waals surface area contributed by atoms with Gasteiger partial charge in [0.1, 0.15) is 0 Å². The maximum Gasteiger partial charge on any atom is 0.273 e. The van der Waals surface area contributed by atoms with Gasteiger partial charge in [-0.2, -0.15) is 0 Å². The average molecular weight is 247 g/mol. The van der Waals surface area contributed by atoms with Gasteiger partial charge in [0, 0.05) is 17.7 Å². The minimum atomic E-state index is -2.77. The minimum absolute atomic E-state index is 0.0549. The molecule has 0 heterocycles. The molecule has 0 aliphatic rings. The first-order chi connectivity index (χ1) is 8.53. The van der Waals surface area contributed by atoms with Crippen molar-refractivity contribution in [1.82, 2.24) is 0 Å². The van der Waals surface area contributed by atoms with Crippen LogP contribution in [0.25, 0.3) is 11.1 Å². The second kappa shape index (κ2) is 4.77. The molecule has 0 saturated heterocycles. The van der Waals surface area contributed by atoms with Crippen molar-refractivity contribution in [3.8, 4) is 11.1 Å². The third kappa shape index (κ3) is 2.50. The van der Waals surface area contributed by atoms with Crippen LogP contribution in [0.4, 0.5) is 14.5 Å². The predicted molar refractivity (Wildman–Crippen MR) is 70.5 cm³/mol. The van der Waals surface area contributed by atoms with Crippen LogP contribution in [0.2, 0.25) is 0 Å². The van der Waals surface area contributed by atoms with Crippen LogP contribution in [0.15, 0.2) is 48.5 Å². The van der Waals surface area contributed by atoms with Crippen LogP contribution in [0, 0.1) is 0 Å². The van der Waals surface area contributed by atoms with E-state index in [4.69, 9.17) is 5.73 Å². The summed E-state index contributed by atoms with van der Waals surface area (Å²) in [6, 6.07) is 13.7. The number of halogens is 2. The van der Waals surface area contributed by atoms with E-state index in [-0.39, 0.29) is 12.0 Å². The summed E-state index contributed by atoms with van der Waals surface area (Å²) in [7, 11) is 0. The molecule has 2 rings (SSSR count). The largest absolute Gasteiger partial charge is 0.399 e. The van der Waals surface area contributed by atoms with Crippen molar-refractivity contribution in [2.24, 2.45) is 0 Å². The summed E-state index contributed by atoms with van der Waals surface area (Å²) >= 11 is 0. The molecule has 0 aromatic heterocycles. The Hall–Kier alpha value is -1.90. The van der Waals surface area contributed by atoms with Crippen LogP contribution in [-0.2, 0) is 5.92 Å². The Bertz CT molecular complexity index is 532. The predicted octanol–water partition coefficient (Wildman–Crippen LogP) is 4.44. The van der Waals surface area contributed by atoms with E-state index in [0.29, 0.717) is 5.69 Å². The second-order valence-corrected chi connectivity index (χ2v) is 4.26. The van der Waals surface area contributed by atoms with Crippen LogP contribution in [0.3, 0.4) is 0 Å². The molecule has 0 saturated carbocycles. The Morgan fingerprint density at radius 2 is 1.67 bits per heavy atom. The van der Waals surface area contributed by atoms with Gasteiger partial charge in [-0.3, -0.25) is 0 Å². The van der Waals surface area contributed by atoms with Crippen molar-refractivity contribution >= 4 is 5.69 Å². The molecule has 0 atom stereocenters. The van der Waals surface area contributed by atoms with Crippen LogP contribution in [0.5, 0.6) is 0 Å². The molecule has 2 aromatic carbocycles. The van der Waals surface area contributed by atoms with Gasteiger partial charge >= 0.3 is 0 Å². The lowest BCUT2D eigenvalue weighted by molar-refractivity contribution is -0.00824. The SMILES string of the molecule is CCC(F)(F)c1cccc(-c2ccc(N)cc2)c1. The Morgan fingerprint density at radius 3 is 2.28 bits per heavy atom. The van der Waals surface area contributed by atoms with E-state index in [2.05, 4.69) is 0 Å². The van der Waals surface area contributed by atoms with E-state index in [1.54, 1.807) is 18.2 Å². The summed E-state index contributed by atoms with van der Waals surface area (Å²) in [4.78, 5) is 0. The topological polar surface area (TPSA) is 26.0 Å². The number of anilines is 1. The van der Waals surface area contributed by atoms with Gasteiger partial charge in [0.15, 0.2) is 0 Å². The highest BCUT2D eigenvalue weighted by Gasteiger charge is 2.28. The molecule has 3 heteroatoms. The van der Waals surface area contributed by atoms with Gasteiger partial charge in [0.05, 0.1) is 0 Å². The standard InChI is InChI=1S/C15H15F2N/c1-2-15(16,17)13-5-3-4-12(10-13)11-6-8-14(18)9-7-11/h3-10H,2,18H2,1H3. The molecule has 18 heavy (non-hydrogen) atoms. The van der Waals surface area contributed by atoms with Crippen molar-refractivity contribution in [2.75, 3.05) is 5.73 Å². The highest BCUT2D eigenvalue weighted by Crippen LogP contribution is 2.33. The molecule has 0 unspecified atom stereocenters. The minimum Gasteiger partial charge on any atom is -0.399 e. The van der Waals surface area contributed by atoms with Crippen molar-refractivity contribution in [3.63, 3.8) is 0 Å². The molecule has 0 aliphatic heterocycles. The molecule has 0 radical (unpaired) electrons. The van der Waals surface area contributed by atoms with E-state index in [1.165, 1.54) is 19.1 Å². The Labute approximate surface area is 105 Å². The average Bonchev–Trinajstić information content (AvgIpc) is 2.40. The van der Waals surface area contributed by atoms with E-state index in [9.17, 15) is 8.78 Å². The number of rotatable bonds is 3. The zero-order valence-electron chi connectivity index (χ0n) is 10.2. The molecular formula is C15H15F2N. The first kappa shape index (κ1) is 12.6. The lowest BCUT2D eigenvalue weighted by Gasteiger charge is -2.15. The molecule has 2 aromatic rings. The van der Waals surface area contributed by atoms with Gasteiger partial charge in [-0.15, -0.1) is 0 Å². The molecular weight excluding hydrogens is 232 g/mol. The molecule has 0 bridgehead atoms. The monoisotopic (exact) mass is 247 g/mol. The summed E-state index contributed by atoms with van der Waals surface area (Å²) in [5.74, 6) is -2.77. The fourth-order valence-corrected chi connectivity index (χ4v) is 1.81. The summed E-state index contributed by atoms with van der Waals surface area (Å²) in [6.07, 6.45) is -0.196. The molecule has 0 spiro atoms. The maximum atomic E-state index is 13.6. The summed E-state index contributed by atoms with van der Waals surface area (Å²) in [6.45, 7) is 1.48. The Balaban J connectivity index is 2.41. The normalized spacial score (nSPS) is 11.5. The van der Waals surface area contributed by atoms with Crippen LogP contribution >= 0.6 is 0 Å². The van der Waals surface area contributed by atoms with Crippen molar-refractivity contribution < 1.29 is 8.78 Å². The number of nitrogens with two attached hydrogens (primary N) is 1. The third-order valence-electron chi connectivity index (χ3n) is 2.97. The molecule has 1 nitrogen and oxygen atoms in total. The number of nitrogen functional groups attached to an aromatic ring is 1. The van der Waals surface area contributed by atoms with Gasteiger partial charge in [-0.05, 0) is 29.3 Å². The highest BCUT2D eigenvalue weighted by molar-refractivity contribution is 5.66. The summed E-state index contributed by atoms with van der Waals surface area (Å²) < 4.78 is 27.2. The first-order valence-corrected chi connectivity index (χ1v) is 5.87. The van der Waals surface area contributed by atoms with Crippen molar-refractivity contribution in [3.05, 3.63) is 54.1 Å². The zero-order chi connectivity index (χ0) is 13.2. The van der Waals surface area contributed by atoms with E-state index < -0.39 is 5.92 Å². The molecule has 0 fully saturated rings. The second-order valence-electron chi connectivity index (χ2n) is 4.26. The Kier molecular flexibility index (Phi) is 3.32. The molecule has 0 aliphatic carbocycles. The van der Waals surface area contributed by atoms with Gasteiger partial charge in [0.25, 0.3) is 5.92 Å². The highest BCUT2D eigenvalue weighted by atomic mass is 19.3. The number of hydrogen-bond donors (Lipinski definition) is 1. The van der Waals surface area contributed by atoms with E-state index in [1.807, 2.05) is 18.2 Å². The number of benzene rings is 2. The molecule has 2 N–H and O–H groups in total. The number of hydrogen-bond acceptors (Lipinski definition) is 1. The maximum absolute atomic E-state index is 13.6. The van der Waals surface area contributed by atoms with E-state index >= 15 is 0 Å². The summed E-state index contributed by atoms with van der Waals surface area (Å²) in [5, 5.41) is 0. The zero-order valence-corrected chi connectivity index (χ0v) is 10.2. The number of alkyl halides is 2. The van der Waals surface area contributed by atoms with Gasteiger partial charge < -0.3 is 5.73 Å². The Morgan fingerprint density at radius 1 is 1.00 bits per heavy atom.